The molecule has 0 aromatic heterocycles. The van der Waals surface area contributed by atoms with Crippen LogP contribution in [0, 0.1) is 0 Å². The molecule has 100 valence electrons. The summed E-state index contributed by atoms with van der Waals surface area (Å²) in [5.74, 6) is -0.879. The molecule has 0 rings (SSSR count). The second-order valence-electron chi connectivity index (χ2n) is 4.93. The fourth-order valence-electron chi connectivity index (χ4n) is 1.87. The van der Waals surface area contributed by atoms with E-state index in [1.165, 1.54) is 6.08 Å². The summed E-state index contributed by atoms with van der Waals surface area (Å²) in [5, 5.41) is 11.8. The van der Waals surface area contributed by atoms with Crippen molar-refractivity contribution in [2.24, 2.45) is 0 Å². The summed E-state index contributed by atoms with van der Waals surface area (Å²) in [6.07, 6.45) is 1.25. The Labute approximate surface area is 105 Å². The van der Waals surface area contributed by atoms with E-state index >= 15 is 0 Å². The maximum atomic E-state index is 10.4. The lowest BCUT2D eigenvalue weighted by atomic mass is 10.2. The Hall–Kier alpha value is -0.870. The summed E-state index contributed by atoms with van der Waals surface area (Å²) in [6.45, 7) is 13.1. The molecule has 2 N–H and O–H groups in total. The van der Waals surface area contributed by atoms with Crippen molar-refractivity contribution >= 4 is 5.97 Å². The molecule has 0 aromatic carbocycles. The minimum atomic E-state index is -0.879. The van der Waals surface area contributed by atoms with Crippen LogP contribution in [0.15, 0.2) is 11.6 Å². The van der Waals surface area contributed by atoms with Crippen LogP contribution in [0.5, 0.6) is 0 Å². The lowest BCUT2D eigenvalue weighted by molar-refractivity contribution is -0.131. The average Bonchev–Trinajstić information content (AvgIpc) is 2.14. The fraction of sp³-hybridized carbons (Fsp3) is 0.769. The minimum Gasteiger partial charge on any atom is -0.478 e. The van der Waals surface area contributed by atoms with E-state index in [0.29, 0.717) is 18.6 Å². The zero-order valence-corrected chi connectivity index (χ0v) is 11.7. The van der Waals surface area contributed by atoms with Gasteiger partial charge in [-0.1, -0.05) is 5.57 Å². The van der Waals surface area contributed by atoms with Gasteiger partial charge in [-0.3, -0.25) is 4.90 Å². The Balaban J connectivity index is 3.87. The summed E-state index contributed by atoms with van der Waals surface area (Å²) in [6, 6.07) is 1.07. The molecular weight excluding hydrogens is 216 g/mol. The van der Waals surface area contributed by atoms with Crippen molar-refractivity contribution in [2.75, 3.05) is 19.6 Å². The first-order chi connectivity index (χ1) is 7.84. The highest BCUT2D eigenvalue weighted by molar-refractivity contribution is 5.80. The van der Waals surface area contributed by atoms with Gasteiger partial charge in [-0.25, -0.2) is 4.79 Å². The average molecular weight is 242 g/mol. The van der Waals surface area contributed by atoms with Crippen LogP contribution in [0.3, 0.4) is 0 Å². The molecule has 0 saturated heterocycles. The molecule has 0 bridgehead atoms. The van der Waals surface area contributed by atoms with Gasteiger partial charge < -0.3 is 10.4 Å². The van der Waals surface area contributed by atoms with E-state index in [1.54, 1.807) is 0 Å². The highest BCUT2D eigenvalue weighted by Crippen LogP contribution is 2.03. The maximum Gasteiger partial charge on any atom is 0.328 e. The van der Waals surface area contributed by atoms with Gasteiger partial charge in [0.15, 0.2) is 0 Å². The lowest BCUT2D eigenvalue weighted by Gasteiger charge is -2.30. The maximum absolute atomic E-state index is 10.4. The van der Waals surface area contributed by atoms with Crippen molar-refractivity contribution in [3.8, 4) is 0 Å². The van der Waals surface area contributed by atoms with Crippen LogP contribution in [0.4, 0.5) is 0 Å². The van der Waals surface area contributed by atoms with Crippen LogP contribution in [0.25, 0.3) is 0 Å². The van der Waals surface area contributed by atoms with Gasteiger partial charge in [0, 0.05) is 37.8 Å². The van der Waals surface area contributed by atoms with Crippen molar-refractivity contribution in [3.63, 3.8) is 0 Å². The summed E-state index contributed by atoms with van der Waals surface area (Å²) < 4.78 is 0. The zero-order chi connectivity index (χ0) is 13.4. The molecule has 0 aliphatic heterocycles. The lowest BCUT2D eigenvalue weighted by Crippen LogP contribution is -2.41. The molecule has 0 atom stereocenters. The molecular formula is C13H26N2O2. The number of carbonyl (C=O) groups is 1. The van der Waals surface area contributed by atoms with Gasteiger partial charge >= 0.3 is 5.97 Å². The molecule has 0 unspecified atom stereocenters. The van der Waals surface area contributed by atoms with Crippen molar-refractivity contribution in [2.45, 2.75) is 46.7 Å². The highest BCUT2D eigenvalue weighted by atomic mass is 16.4. The Bertz CT molecular complexity index is 252. The van der Waals surface area contributed by atoms with Crippen molar-refractivity contribution in [1.82, 2.24) is 10.2 Å². The van der Waals surface area contributed by atoms with E-state index in [9.17, 15) is 4.79 Å². The molecule has 0 radical (unpaired) electrons. The second kappa shape index (κ2) is 8.25. The smallest absolute Gasteiger partial charge is 0.328 e. The van der Waals surface area contributed by atoms with Crippen molar-refractivity contribution in [3.05, 3.63) is 11.6 Å². The quantitative estimate of drug-likeness (QED) is 0.503. The molecule has 0 aliphatic carbocycles. The second-order valence-corrected chi connectivity index (χ2v) is 4.93. The third kappa shape index (κ3) is 7.94. The van der Waals surface area contributed by atoms with E-state index < -0.39 is 5.97 Å². The van der Waals surface area contributed by atoms with E-state index in [0.717, 1.165) is 18.7 Å². The zero-order valence-electron chi connectivity index (χ0n) is 11.7. The SMILES string of the molecule is CC(=CC(=O)O)CNCCN(C(C)C)C(C)C. The monoisotopic (exact) mass is 242 g/mol. The first-order valence-electron chi connectivity index (χ1n) is 6.21. The molecule has 4 nitrogen and oxygen atoms in total. The molecule has 0 amide bonds. The van der Waals surface area contributed by atoms with Crippen LogP contribution < -0.4 is 5.32 Å². The molecule has 4 heteroatoms. The number of carboxylic acids is 1. The van der Waals surface area contributed by atoms with Crippen molar-refractivity contribution in [1.29, 1.82) is 0 Å². The third-order valence-corrected chi connectivity index (χ3v) is 2.65. The van der Waals surface area contributed by atoms with Gasteiger partial charge in [-0.15, -0.1) is 0 Å². The van der Waals surface area contributed by atoms with Crippen LogP contribution in [-0.2, 0) is 4.79 Å². The normalized spacial score (nSPS) is 12.8. The standard InChI is InChI=1S/C13H26N2O2/c1-10(2)15(11(3)4)7-6-14-9-12(5)8-13(16)17/h8,10-11,14H,6-7,9H2,1-5H3,(H,16,17). The van der Waals surface area contributed by atoms with Gasteiger partial charge in [0.25, 0.3) is 0 Å². The fourth-order valence-corrected chi connectivity index (χ4v) is 1.87. The topological polar surface area (TPSA) is 52.6 Å². The highest BCUT2D eigenvalue weighted by Gasteiger charge is 2.11. The first kappa shape index (κ1) is 16.1. The van der Waals surface area contributed by atoms with E-state index in [2.05, 4.69) is 37.9 Å². The first-order valence-corrected chi connectivity index (χ1v) is 6.21. The molecule has 17 heavy (non-hydrogen) atoms. The molecule has 0 fully saturated rings. The predicted octanol–water partition coefficient (Wildman–Crippen LogP) is 1.73. The van der Waals surface area contributed by atoms with Gasteiger partial charge in [0.05, 0.1) is 0 Å². The van der Waals surface area contributed by atoms with Gasteiger partial charge in [-0.05, 0) is 34.6 Å². The Kier molecular flexibility index (Phi) is 7.83. The third-order valence-electron chi connectivity index (χ3n) is 2.65. The molecule has 0 saturated carbocycles. The Morgan fingerprint density at radius 1 is 1.29 bits per heavy atom. The van der Waals surface area contributed by atoms with Crippen molar-refractivity contribution < 1.29 is 9.90 Å². The largest absolute Gasteiger partial charge is 0.478 e. The minimum absolute atomic E-state index is 0.535. The number of rotatable bonds is 8. The number of carboxylic acid groups (broad SMARTS) is 1. The molecule has 0 aromatic rings. The Morgan fingerprint density at radius 3 is 2.24 bits per heavy atom. The number of hydrogen-bond acceptors (Lipinski definition) is 3. The number of nitrogens with zero attached hydrogens (tertiary/aromatic N) is 1. The summed E-state index contributed by atoms with van der Waals surface area (Å²) in [5.41, 5.74) is 0.846. The predicted molar refractivity (Wildman–Crippen MR) is 71.2 cm³/mol. The van der Waals surface area contributed by atoms with Crippen LogP contribution >= 0.6 is 0 Å². The molecule has 0 aliphatic rings. The summed E-state index contributed by atoms with van der Waals surface area (Å²) >= 11 is 0. The summed E-state index contributed by atoms with van der Waals surface area (Å²) in [7, 11) is 0. The van der Waals surface area contributed by atoms with E-state index in [4.69, 9.17) is 5.11 Å². The van der Waals surface area contributed by atoms with E-state index in [-0.39, 0.29) is 0 Å². The molecule has 0 heterocycles. The Morgan fingerprint density at radius 2 is 1.82 bits per heavy atom. The van der Waals surface area contributed by atoms with Crippen LogP contribution in [-0.4, -0.2) is 47.7 Å². The van der Waals surface area contributed by atoms with Crippen LogP contribution in [0.2, 0.25) is 0 Å². The van der Waals surface area contributed by atoms with E-state index in [1.807, 2.05) is 6.92 Å². The van der Waals surface area contributed by atoms with Crippen LogP contribution in [0.1, 0.15) is 34.6 Å². The number of hydrogen-bond donors (Lipinski definition) is 2. The van der Waals surface area contributed by atoms with Gasteiger partial charge in [0.1, 0.15) is 0 Å². The number of nitrogens with one attached hydrogen (secondary N) is 1. The molecule has 0 spiro atoms. The van der Waals surface area contributed by atoms with Gasteiger partial charge in [-0.2, -0.15) is 0 Å². The van der Waals surface area contributed by atoms with Gasteiger partial charge in [0.2, 0.25) is 0 Å². The summed E-state index contributed by atoms with van der Waals surface area (Å²) in [4.78, 5) is 12.8. The number of aliphatic carboxylic acids is 1.